The number of aliphatic imine (C=N–C) groups is 1. The maximum atomic E-state index is 15.6. The molecule has 4 aliphatic heterocycles. The fourth-order valence-corrected chi connectivity index (χ4v) is 7.89. The Balaban J connectivity index is 1.44. The zero-order valence-corrected chi connectivity index (χ0v) is 28.2. The fourth-order valence-electron chi connectivity index (χ4n) is 7.89. The van der Waals surface area contributed by atoms with Crippen LogP contribution in [0.15, 0.2) is 4.99 Å². The first-order valence-electron chi connectivity index (χ1n) is 17.5. The minimum atomic E-state index is -1.19. The summed E-state index contributed by atoms with van der Waals surface area (Å²) >= 11 is 0. The Bertz CT molecular complexity index is 992. The lowest BCUT2D eigenvalue weighted by Gasteiger charge is -2.46. The van der Waals surface area contributed by atoms with Crippen LogP contribution in [0.5, 0.6) is 0 Å². The summed E-state index contributed by atoms with van der Waals surface area (Å²) in [6, 6.07) is -1.39. The van der Waals surface area contributed by atoms with Gasteiger partial charge >= 0.3 is 0 Å². The molecule has 4 aliphatic rings. The monoisotopic (exact) mass is 638 g/mol. The van der Waals surface area contributed by atoms with E-state index in [4.69, 9.17) is 5.73 Å². The second-order valence-electron chi connectivity index (χ2n) is 14.5. The molecule has 0 aromatic carbocycles. The lowest BCUT2D eigenvalue weighted by Crippen LogP contribution is -2.68. The zero-order chi connectivity index (χ0) is 32.7. The molecule has 0 aliphatic carbocycles. The molecule has 0 saturated carbocycles. The molecule has 258 valence electrons. The highest BCUT2D eigenvalue weighted by Gasteiger charge is 2.44. The predicted molar refractivity (Wildman–Crippen MR) is 176 cm³/mol. The number of carbonyl (C=O) groups is 2. The number of halogens is 2. The second kappa shape index (κ2) is 16.4. The SMILES string of the molecule is CCCCC(C)(CC)C1CCC(F)C=NC(C)C(C(=O)NC2CNCC(F)C2N2CCC(C(=O)NC3CN(C)C3)CC2)C(N)N1. The van der Waals surface area contributed by atoms with E-state index >= 15 is 4.39 Å². The Morgan fingerprint density at radius 2 is 1.78 bits per heavy atom. The number of hydrogen-bond donors (Lipinski definition) is 5. The zero-order valence-electron chi connectivity index (χ0n) is 28.2. The van der Waals surface area contributed by atoms with Gasteiger partial charge in [-0.25, -0.2) is 8.78 Å². The third kappa shape index (κ3) is 9.21. The summed E-state index contributed by atoms with van der Waals surface area (Å²) in [5.41, 5.74) is 6.70. The van der Waals surface area contributed by atoms with E-state index in [2.05, 4.69) is 56.8 Å². The van der Waals surface area contributed by atoms with E-state index in [1.165, 1.54) is 6.21 Å². The number of nitrogens with two attached hydrogens (primary N) is 1. The number of carbonyl (C=O) groups excluding carboxylic acids is 2. The van der Waals surface area contributed by atoms with Crippen molar-refractivity contribution < 1.29 is 18.4 Å². The molecule has 9 atom stereocenters. The Morgan fingerprint density at radius 3 is 2.42 bits per heavy atom. The molecule has 0 aromatic rings. The number of likely N-dealkylation sites (N-methyl/N-ethyl adjacent to an activating group) is 1. The fraction of sp³-hybridized carbons (Fsp3) is 0.909. The Morgan fingerprint density at radius 1 is 1.07 bits per heavy atom. The molecule has 45 heavy (non-hydrogen) atoms. The van der Waals surface area contributed by atoms with Crippen LogP contribution in [0.4, 0.5) is 8.78 Å². The predicted octanol–water partition coefficient (Wildman–Crippen LogP) is 1.98. The maximum absolute atomic E-state index is 15.6. The minimum absolute atomic E-state index is 0.0562. The summed E-state index contributed by atoms with van der Waals surface area (Å²) in [7, 11) is 2.04. The van der Waals surface area contributed by atoms with Gasteiger partial charge < -0.3 is 26.6 Å². The average molecular weight is 639 g/mol. The molecule has 4 heterocycles. The van der Waals surface area contributed by atoms with Crippen molar-refractivity contribution in [3.63, 3.8) is 0 Å². The van der Waals surface area contributed by atoms with Crippen molar-refractivity contribution in [1.82, 2.24) is 31.1 Å². The number of unbranched alkanes of at least 4 members (excludes halogenated alkanes) is 1. The largest absolute Gasteiger partial charge is 0.351 e. The van der Waals surface area contributed by atoms with Crippen LogP contribution in [-0.2, 0) is 9.59 Å². The molecule has 4 rings (SSSR count). The van der Waals surface area contributed by atoms with Gasteiger partial charge in [-0.05, 0) is 71.0 Å². The van der Waals surface area contributed by atoms with E-state index in [9.17, 15) is 14.0 Å². The van der Waals surface area contributed by atoms with Gasteiger partial charge in [0.25, 0.3) is 0 Å². The van der Waals surface area contributed by atoms with Crippen LogP contribution in [0.2, 0.25) is 0 Å². The minimum Gasteiger partial charge on any atom is -0.351 e. The molecule has 9 unspecified atom stereocenters. The van der Waals surface area contributed by atoms with Crippen LogP contribution >= 0.6 is 0 Å². The van der Waals surface area contributed by atoms with Crippen LogP contribution in [0.1, 0.15) is 79.1 Å². The van der Waals surface area contributed by atoms with Gasteiger partial charge in [0.2, 0.25) is 11.8 Å². The summed E-state index contributed by atoms with van der Waals surface area (Å²) in [6.45, 7) is 11.9. The van der Waals surface area contributed by atoms with E-state index in [1.807, 2.05) is 7.05 Å². The number of alkyl halides is 2. The van der Waals surface area contributed by atoms with E-state index in [-0.39, 0.29) is 41.8 Å². The van der Waals surface area contributed by atoms with Crippen LogP contribution in [0, 0.1) is 17.3 Å². The normalized spacial score (nSPS) is 36.1. The highest BCUT2D eigenvalue weighted by atomic mass is 19.1. The van der Waals surface area contributed by atoms with E-state index in [1.54, 1.807) is 6.92 Å². The summed E-state index contributed by atoms with van der Waals surface area (Å²) in [6.07, 6.45) is 4.59. The number of amides is 2. The molecule has 0 bridgehead atoms. The quantitative estimate of drug-likeness (QED) is 0.248. The third-order valence-electron chi connectivity index (χ3n) is 11.1. The van der Waals surface area contributed by atoms with Gasteiger partial charge in [-0.1, -0.05) is 33.6 Å². The van der Waals surface area contributed by atoms with Gasteiger partial charge in [0.05, 0.1) is 36.3 Å². The molecular formula is C33H60F2N8O2. The second-order valence-corrected chi connectivity index (χ2v) is 14.5. The smallest absolute Gasteiger partial charge is 0.228 e. The number of likely N-dealkylation sites (tertiary alicyclic amines) is 2. The Hall–Kier alpha value is -1.73. The van der Waals surface area contributed by atoms with Crippen molar-refractivity contribution in [3.8, 4) is 0 Å². The van der Waals surface area contributed by atoms with Crippen molar-refractivity contribution in [2.75, 3.05) is 46.3 Å². The summed E-state index contributed by atoms with van der Waals surface area (Å²) < 4.78 is 30.5. The van der Waals surface area contributed by atoms with E-state index in [0.29, 0.717) is 45.3 Å². The first kappa shape index (κ1) is 36.1. The van der Waals surface area contributed by atoms with Crippen LogP contribution < -0.4 is 27.0 Å². The highest BCUT2D eigenvalue weighted by Crippen LogP contribution is 2.36. The first-order valence-corrected chi connectivity index (χ1v) is 17.5. The van der Waals surface area contributed by atoms with Crippen molar-refractivity contribution in [2.45, 2.75) is 128 Å². The van der Waals surface area contributed by atoms with Crippen molar-refractivity contribution in [1.29, 1.82) is 0 Å². The van der Waals surface area contributed by atoms with Gasteiger partial charge in [0.15, 0.2) is 0 Å². The molecule has 10 nitrogen and oxygen atoms in total. The number of hydrogen-bond acceptors (Lipinski definition) is 8. The third-order valence-corrected chi connectivity index (χ3v) is 11.1. The number of nitrogens with zero attached hydrogens (tertiary/aromatic N) is 3. The molecule has 0 radical (unpaired) electrons. The van der Waals surface area contributed by atoms with Gasteiger partial charge in [-0.15, -0.1) is 0 Å². The van der Waals surface area contributed by atoms with Gasteiger partial charge in [0, 0.05) is 44.4 Å². The molecular weight excluding hydrogens is 578 g/mol. The van der Waals surface area contributed by atoms with Crippen LogP contribution in [0.3, 0.4) is 0 Å². The van der Waals surface area contributed by atoms with Crippen molar-refractivity contribution >= 4 is 18.0 Å². The molecule has 6 N–H and O–H groups in total. The molecule has 0 aromatic heterocycles. The average Bonchev–Trinajstić information content (AvgIpc) is 3.00. The summed E-state index contributed by atoms with van der Waals surface area (Å²) in [5, 5.41) is 13.0. The van der Waals surface area contributed by atoms with Crippen LogP contribution in [0.25, 0.3) is 0 Å². The number of nitrogens with one attached hydrogen (secondary N) is 4. The lowest BCUT2D eigenvalue weighted by molar-refractivity contribution is -0.129. The lowest BCUT2D eigenvalue weighted by atomic mass is 9.73. The topological polar surface area (TPSA) is 127 Å². The van der Waals surface area contributed by atoms with E-state index in [0.717, 1.165) is 38.8 Å². The first-order chi connectivity index (χ1) is 21.4. The molecule has 2 amide bonds. The van der Waals surface area contributed by atoms with Crippen LogP contribution in [-0.4, -0.2) is 123 Å². The standard InChI is InChI=1S/C33H60F2N8O2/c1-6-8-13-33(4,7-2)27-10-9-23(34)16-38-21(3)28(30(36)41-27)32(45)40-26-18-37-17-25(35)29(26)43-14-11-22(12-15-43)31(44)39-24-19-42(5)20-24/h16,21-30,37,41H,6-15,17-20,36H2,1-5H3,(H,39,44)(H,40,45). The molecule has 0 spiro atoms. The molecule has 12 heteroatoms. The van der Waals surface area contributed by atoms with Gasteiger partial charge in [-0.2, -0.15) is 0 Å². The van der Waals surface area contributed by atoms with Crippen molar-refractivity contribution in [2.24, 2.45) is 28.0 Å². The number of piperidine rings is 2. The maximum Gasteiger partial charge on any atom is 0.228 e. The summed E-state index contributed by atoms with van der Waals surface area (Å²) in [5.74, 6) is -1.05. The molecule has 3 fully saturated rings. The summed E-state index contributed by atoms with van der Waals surface area (Å²) in [4.78, 5) is 35.6. The Kier molecular flexibility index (Phi) is 13.2. The van der Waals surface area contributed by atoms with Gasteiger partial charge in [0.1, 0.15) is 12.3 Å². The van der Waals surface area contributed by atoms with Crippen molar-refractivity contribution in [3.05, 3.63) is 0 Å². The molecule has 3 saturated heterocycles. The van der Waals surface area contributed by atoms with Gasteiger partial charge in [-0.3, -0.25) is 24.8 Å². The van der Waals surface area contributed by atoms with E-state index < -0.39 is 42.6 Å². The number of rotatable bonds is 10. The highest BCUT2D eigenvalue weighted by molar-refractivity contribution is 5.81. The Labute approximate surface area is 269 Å².